The quantitative estimate of drug-likeness (QED) is 0.281. The molecule has 202 valence electrons. The fraction of sp³-hybridized carbons (Fsp3) is 0.259. The highest BCUT2D eigenvalue weighted by atomic mass is 19.1. The van der Waals surface area contributed by atoms with Gasteiger partial charge in [-0.05, 0) is 31.0 Å². The molecule has 2 amide bonds. The number of amides is 2. The van der Waals surface area contributed by atoms with Gasteiger partial charge in [0.1, 0.15) is 28.6 Å². The largest absolute Gasteiger partial charge is 0.496 e. The van der Waals surface area contributed by atoms with E-state index < -0.39 is 46.5 Å². The van der Waals surface area contributed by atoms with Gasteiger partial charge >= 0.3 is 0 Å². The van der Waals surface area contributed by atoms with Gasteiger partial charge < -0.3 is 24.8 Å². The summed E-state index contributed by atoms with van der Waals surface area (Å²) in [4.78, 5) is 25.7. The van der Waals surface area contributed by atoms with E-state index in [1.54, 1.807) is 0 Å². The van der Waals surface area contributed by atoms with E-state index in [-0.39, 0.29) is 41.6 Å². The molecule has 0 saturated heterocycles. The minimum absolute atomic E-state index is 0.0162. The van der Waals surface area contributed by atoms with Gasteiger partial charge in [0.15, 0.2) is 23.3 Å². The molecule has 38 heavy (non-hydrogen) atoms. The molecule has 3 aromatic carbocycles. The second-order valence-corrected chi connectivity index (χ2v) is 8.04. The van der Waals surface area contributed by atoms with E-state index >= 15 is 0 Å². The topological polar surface area (TPSA) is 85.9 Å². The molecule has 0 radical (unpaired) electrons. The number of methoxy groups -OCH3 is 1. The van der Waals surface area contributed by atoms with Gasteiger partial charge in [-0.25, -0.2) is 17.6 Å². The van der Waals surface area contributed by atoms with Crippen LogP contribution in [0.5, 0.6) is 17.2 Å². The first-order valence-corrected chi connectivity index (χ1v) is 11.7. The van der Waals surface area contributed by atoms with Crippen LogP contribution < -0.4 is 24.8 Å². The van der Waals surface area contributed by atoms with Crippen molar-refractivity contribution in [2.24, 2.45) is 0 Å². The Balaban J connectivity index is 1.84. The third kappa shape index (κ3) is 6.72. The maximum atomic E-state index is 14.5. The molecule has 0 aromatic heterocycles. The maximum Gasteiger partial charge on any atom is 0.259 e. The standard InChI is InChI=1S/C27H26F4N2O5/c1-4-8-37-16-11-19(28)24(20(29)12-16)32-26(34)15-6-7-23(36-3)18(10-15)27(35)33-25-21(30)13-17(14-22(25)31)38-9-5-2/h6-7,10-14H,4-5,8-9H2,1-3H3,(H,32,34)(H,33,35). The fourth-order valence-electron chi connectivity index (χ4n) is 3.34. The van der Waals surface area contributed by atoms with E-state index in [1.807, 2.05) is 13.8 Å². The highest BCUT2D eigenvalue weighted by molar-refractivity contribution is 6.10. The number of halogens is 4. The molecule has 7 nitrogen and oxygen atoms in total. The van der Waals surface area contributed by atoms with Crippen molar-refractivity contribution < 1.29 is 41.4 Å². The highest BCUT2D eigenvalue weighted by Gasteiger charge is 2.22. The molecule has 2 N–H and O–H groups in total. The van der Waals surface area contributed by atoms with Gasteiger partial charge in [-0.2, -0.15) is 0 Å². The number of anilines is 2. The molecule has 0 heterocycles. The summed E-state index contributed by atoms with van der Waals surface area (Å²) in [5, 5.41) is 4.24. The van der Waals surface area contributed by atoms with Crippen molar-refractivity contribution in [1.29, 1.82) is 0 Å². The van der Waals surface area contributed by atoms with E-state index in [0.717, 1.165) is 30.3 Å². The average molecular weight is 535 g/mol. The number of carbonyl (C=O) groups is 2. The number of ether oxygens (including phenoxy) is 3. The zero-order valence-corrected chi connectivity index (χ0v) is 20.9. The Labute approximate surface area is 216 Å². The summed E-state index contributed by atoms with van der Waals surface area (Å²) in [6, 6.07) is 7.29. The van der Waals surface area contributed by atoms with Gasteiger partial charge in [0, 0.05) is 29.8 Å². The minimum atomic E-state index is -1.07. The monoisotopic (exact) mass is 534 g/mol. The Morgan fingerprint density at radius 2 is 1.16 bits per heavy atom. The van der Waals surface area contributed by atoms with Crippen LogP contribution in [0.1, 0.15) is 47.4 Å². The molecule has 0 spiro atoms. The lowest BCUT2D eigenvalue weighted by atomic mass is 10.1. The first-order chi connectivity index (χ1) is 18.2. The van der Waals surface area contributed by atoms with Crippen molar-refractivity contribution in [3.05, 3.63) is 76.9 Å². The highest BCUT2D eigenvalue weighted by Crippen LogP contribution is 2.29. The van der Waals surface area contributed by atoms with Crippen LogP contribution in [-0.2, 0) is 0 Å². The van der Waals surface area contributed by atoms with E-state index in [4.69, 9.17) is 14.2 Å². The van der Waals surface area contributed by atoms with E-state index in [1.165, 1.54) is 19.2 Å². The smallest absolute Gasteiger partial charge is 0.259 e. The Kier molecular flexibility index (Phi) is 9.53. The predicted molar refractivity (Wildman–Crippen MR) is 133 cm³/mol. The molecule has 0 bridgehead atoms. The molecule has 0 atom stereocenters. The number of rotatable bonds is 11. The molecule has 0 saturated carbocycles. The lowest BCUT2D eigenvalue weighted by molar-refractivity contribution is 0.102. The van der Waals surface area contributed by atoms with Crippen LogP contribution in [0.2, 0.25) is 0 Å². The summed E-state index contributed by atoms with van der Waals surface area (Å²) in [6.07, 6.45) is 1.26. The Morgan fingerprint density at radius 1 is 0.711 bits per heavy atom. The van der Waals surface area contributed by atoms with Gasteiger partial charge in [-0.15, -0.1) is 0 Å². The number of hydrogen-bond donors (Lipinski definition) is 2. The first kappa shape index (κ1) is 28.3. The molecule has 0 fully saturated rings. The maximum absolute atomic E-state index is 14.5. The van der Waals surface area contributed by atoms with Crippen LogP contribution >= 0.6 is 0 Å². The number of carbonyl (C=O) groups excluding carboxylic acids is 2. The Morgan fingerprint density at radius 3 is 1.58 bits per heavy atom. The van der Waals surface area contributed by atoms with Crippen LogP contribution in [-0.4, -0.2) is 32.1 Å². The van der Waals surface area contributed by atoms with Crippen LogP contribution in [0.4, 0.5) is 28.9 Å². The number of benzene rings is 3. The molecule has 0 aliphatic rings. The van der Waals surface area contributed by atoms with Crippen molar-refractivity contribution in [3.63, 3.8) is 0 Å². The molecular weight excluding hydrogens is 508 g/mol. The van der Waals surface area contributed by atoms with Gasteiger partial charge in [-0.1, -0.05) is 13.8 Å². The summed E-state index contributed by atoms with van der Waals surface area (Å²) in [6.45, 7) is 4.17. The normalized spacial score (nSPS) is 10.6. The zero-order valence-electron chi connectivity index (χ0n) is 20.9. The third-order valence-corrected chi connectivity index (χ3v) is 5.16. The van der Waals surface area contributed by atoms with Crippen LogP contribution in [0.3, 0.4) is 0 Å². The SMILES string of the molecule is CCCOc1cc(F)c(NC(=O)c2ccc(OC)c(C(=O)Nc3c(F)cc(OCCC)cc3F)c2)c(F)c1. The Hall–Kier alpha value is -4.28. The van der Waals surface area contributed by atoms with Crippen molar-refractivity contribution in [1.82, 2.24) is 0 Å². The van der Waals surface area contributed by atoms with Crippen molar-refractivity contribution in [2.45, 2.75) is 26.7 Å². The number of nitrogens with one attached hydrogen (secondary N) is 2. The van der Waals surface area contributed by atoms with Crippen LogP contribution in [0, 0.1) is 23.3 Å². The first-order valence-electron chi connectivity index (χ1n) is 11.7. The fourth-order valence-corrected chi connectivity index (χ4v) is 3.34. The number of hydrogen-bond acceptors (Lipinski definition) is 5. The Bertz CT molecular complexity index is 1290. The summed E-state index contributed by atoms with van der Waals surface area (Å²) in [5.74, 6) is -6.31. The molecule has 0 aliphatic heterocycles. The second kappa shape index (κ2) is 12.8. The van der Waals surface area contributed by atoms with Crippen molar-refractivity contribution >= 4 is 23.2 Å². The second-order valence-electron chi connectivity index (χ2n) is 8.04. The van der Waals surface area contributed by atoms with Crippen LogP contribution in [0.25, 0.3) is 0 Å². The van der Waals surface area contributed by atoms with Gasteiger partial charge in [0.25, 0.3) is 11.8 Å². The average Bonchev–Trinajstić information content (AvgIpc) is 2.89. The summed E-state index contributed by atoms with van der Waals surface area (Å²) in [5.41, 5.74) is -1.87. The molecule has 0 unspecified atom stereocenters. The van der Waals surface area contributed by atoms with Crippen LogP contribution in [0.15, 0.2) is 42.5 Å². The molecule has 11 heteroatoms. The minimum Gasteiger partial charge on any atom is -0.496 e. The van der Waals surface area contributed by atoms with Gasteiger partial charge in [0.05, 0.1) is 25.9 Å². The van der Waals surface area contributed by atoms with Crippen molar-refractivity contribution in [2.75, 3.05) is 31.0 Å². The molecular formula is C27H26F4N2O5. The molecule has 0 aliphatic carbocycles. The summed E-state index contributed by atoms with van der Waals surface area (Å²) >= 11 is 0. The molecule has 3 aromatic rings. The third-order valence-electron chi connectivity index (χ3n) is 5.16. The summed E-state index contributed by atoms with van der Waals surface area (Å²) < 4.78 is 73.5. The van der Waals surface area contributed by atoms with Gasteiger partial charge in [0.2, 0.25) is 0 Å². The van der Waals surface area contributed by atoms with E-state index in [9.17, 15) is 27.2 Å². The lowest BCUT2D eigenvalue weighted by Gasteiger charge is -2.14. The van der Waals surface area contributed by atoms with Gasteiger partial charge in [-0.3, -0.25) is 9.59 Å². The van der Waals surface area contributed by atoms with E-state index in [2.05, 4.69) is 10.6 Å². The predicted octanol–water partition coefficient (Wildman–Crippen LogP) is 6.33. The van der Waals surface area contributed by atoms with Crippen molar-refractivity contribution in [3.8, 4) is 17.2 Å². The van der Waals surface area contributed by atoms with E-state index in [0.29, 0.717) is 12.8 Å². The molecule has 3 rings (SSSR count). The lowest BCUT2D eigenvalue weighted by Crippen LogP contribution is -2.18. The zero-order chi connectivity index (χ0) is 27.8. The summed E-state index contributed by atoms with van der Waals surface area (Å²) in [7, 11) is 1.25.